The Morgan fingerprint density at radius 1 is 1.04 bits per heavy atom. The summed E-state index contributed by atoms with van der Waals surface area (Å²) in [6.45, 7) is 1.92. The van der Waals surface area contributed by atoms with Crippen LogP contribution in [0.1, 0.15) is 25.0 Å². The third-order valence-electron chi connectivity index (χ3n) is 4.58. The number of phenols is 1. The number of fused-ring (bicyclic) bond motifs is 1. The normalized spacial score (nSPS) is 13.1. The van der Waals surface area contributed by atoms with Gasteiger partial charge in [-0.3, -0.25) is 5.32 Å². The van der Waals surface area contributed by atoms with Crippen molar-refractivity contribution in [2.75, 3.05) is 11.9 Å². The number of nitrogens with one attached hydrogen (secondary N) is 1. The van der Waals surface area contributed by atoms with Crippen LogP contribution in [-0.4, -0.2) is 22.9 Å². The highest BCUT2D eigenvalue weighted by atomic mass is 16.6. The number of carbonyl (C=O) groups excluding carboxylic acids is 1. The Bertz CT molecular complexity index is 902. The zero-order valence-electron chi connectivity index (χ0n) is 15.1. The molecule has 0 aliphatic heterocycles. The number of hydrogen-bond acceptors (Lipinski definition) is 4. The summed E-state index contributed by atoms with van der Waals surface area (Å²) < 4.78 is 5.70. The molecule has 3 aromatic rings. The van der Waals surface area contributed by atoms with E-state index in [0.29, 0.717) is 12.1 Å². The Kier molecular flexibility index (Phi) is 5.94. The fraction of sp³-hybridized carbons (Fsp3) is 0.227. The van der Waals surface area contributed by atoms with E-state index in [1.807, 2.05) is 49.4 Å². The second-order valence-electron chi connectivity index (χ2n) is 6.56. The first-order valence-electron chi connectivity index (χ1n) is 8.93. The Hall–Kier alpha value is -3.05. The molecular formula is C22H23NO4. The van der Waals surface area contributed by atoms with Gasteiger partial charge in [-0.05, 0) is 41.5 Å². The second-order valence-corrected chi connectivity index (χ2v) is 6.56. The van der Waals surface area contributed by atoms with Crippen molar-refractivity contribution in [2.24, 2.45) is 5.92 Å². The maximum Gasteiger partial charge on any atom is 0.412 e. The van der Waals surface area contributed by atoms with Crippen molar-refractivity contribution in [3.05, 3.63) is 72.3 Å². The van der Waals surface area contributed by atoms with Gasteiger partial charge in [-0.2, -0.15) is 0 Å². The molecule has 27 heavy (non-hydrogen) atoms. The van der Waals surface area contributed by atoms with E-state index in [-0.39, 0.29) is 18.3 Å². The van der Waals surface area contributed by atoms with Crippen LogP contribution in [-0.2, 0) is 4.74 Å². The van der Waals surface area contributed by atoms with Gasteiger partial charge < -0.3 is 14.9 Å². The summed E-state index contributed by atoms with van der Waals surface area (Å²) >= 11 is 0. The number of amides is 1. The molecule has 1 amide bonds. The average Bonchev–Trinajstić information content (AvgIpc) is 2.67. The van der Waals surface area contributed by atoms with Crippen molar-refractivity contribution in [1.82, 2.24) is 0 Å². The minimum atomic E-state index is -0.561. The van der Waals surface area contributed by atoms with Crippen molar-refractivity contribution < 1.29 is 19.7 Å². The molecule has 5 nitrogen and oxygen atoms in total. The SMILES string of the molecule is C[C@H](CCO)[C@@H](OC(=O)Nc1cccc2ccccc12)c1ccc(O)cc1. The van der Waals surface area contributed by atoms with E-state index < -0.39 is 12.2 Å². The molecule has 0 radical (unpaired) electrons. The number of aromatic hydroxyl groups is 1. The van der Waals surface area contributed by atoms with Gasteiger partial charge in [0.1, 0.15) is 11.9 Å². The molecule has 0 heterocycles. The lowest BCUT2D eigenvalue weighted by Crippen LogP contribution is -2.22. The van der Waals surface area contributed by atoms with Crippen LogP contribution < -0.4 is 5.32 Å². The van der Waals surface area contributed by atoms with Crippen LogP contribution in [0.5, 0.6) is 5.75 Å². The van der Waals surface area contributed by atoms with Gasteiger partial charge in [-0.15, -0.1) is 0 Å². The summed E-state index contributed by atoms with van der Waals surface area (Å²) in [5.74, 6) is 0.0605. The van der Waals surface area contributed by atoms with E-state index in [4.69, 9.17) is 4.74 Å². The fourth-order valence-electron chi connectivity index (χ4n) is 3.12. The van der Waals surface area contributed by atoms with Crippen LogP contribution in [0.4, 0.5) is 10.5 Å². The van der Waals surface area contributed by atoms with Gasteiger partial charge in [0.2, 0.25) is 0 Å². The summed E-state index contributed by atoms with van der Waals surface area (Å²) in [7, 11) is 0. The number of phenolic OH excluding ortho intramolecular Hbond substituents is 1. The van der Waals surface area contributed by atoms with Crippen LogP contribution in [0.3, 0.4) is 0 Å². The molecule has 5 heteroatoms. The number of hydrogen-bond donors (Lipinski definition) is 3. The first-order valence-corrected chi connectivity index (χ1v) is 8.93. The molecule has 0 saturated carbocycles. The van der Waals surface area contributed by atoms with Crippen LogP contribution in [0.15, 0.2) is 66.7 Å². The molecule has 3 rings (SSSR count). The molecule has 0 fully saturated rings. The molecule has 0 aromatic heterocycles. The minimum Gasteiger partial charge on any atom is -0.508 e. The molecule has 0 aliphatic carbocycles. The zero-order valence-corrected chi connectivity index (χ0v) is 15.1. The van der Waals surface area contributed by atoms with Crippen LogP contribution in [0.25, 0.3) is 10.8 Å². The predicted octanol–water partition coefficient (Wildman–Crippen LogP) is 4.85. The fourth-order valence-corrected chi connectivity index (χ4v) is 3.12. The van der Waals surface area contributed by atoms with Gasteiger partial charge in [0.25, 0.3) is 0 Å². The van der Waals surface area contributed by atoms with E-state index >= 15 is 0 Å². The topological polar surface area (TPSA) is 78.8 Å². The number of ether oxygens (including phenoxy) is 1. The lowest BCUT2D eigenvalue weighted by molar-refractivity contribution is 0.0667. The van der Waals surface area contributed by atoms with Gasteiger partial charge in [0, 0.05) is 12.0 Å². The Labute approximate surface area is 158 Å². The van der Waals surface area contributed by atoms with Crippen LogP contribution in [0.2, 0.25) is 0 Å². The van der Waals surface area contributed by atoms with Crippen molar-refractivity contribution in [2.45, 2.75) is 19.4 Å². The lowest BCUT2D eigenvalue weighted by Gasteiger charge is -2.24. The summed E-state index contributed by atoms with van der Waals surface area (Å²) in [4.78, 5) is 12.6. The number of carbonyl (C=O) groups is 1. The molecule has 0 aliphatic rings. The van der Waals surface area contributed by atoms with Gasteiger partial charge in [-0.1, -0.05) is 55.5 Å². The molecule has 3 aromatic carbocycles. The number of benzene rings is 3. The standard InChI is InChI=1S/C22H23NO4/c1-15(13-14-24)21(17-9-11-18(25)12-10-17)27-22(26)23-20-8-4-6-16-5-2-3-7-19(16)20/h2-12,15,21,24-25H,13-14H2,1H3,(H,23,26)/t15-,21-/m1/s1. The predicted molar refractivity (Wildman–Crippen MR) is 106 cm³/mol. The van der Waals surface area contributed by atoms with E-state index in [0.717, 1.165) is 16.3 Å². The largest absolute Gasteiger partial charge is 0.508 e. The third kappa shape index (κ3) is 4.57. The summed E-state index contributed by atoms with van der Waals surface area (Å²) in [5, 5.41) is 23.5. The highest BCUT2D eigenvalue weighted by Gasteiger charge is 2.23. The van der Waals surface area contributed by atoms with Crippen LogP contribution in [0, 0.1) is 5.92 Å². The second kappa shape index (κ2) is 8.56. The van der Waals surface area contributed by atoms with Crippen molar-refractivity contribution in [3.63, 3.8) is 0 Å². The first-order chi connectivity index (χ1) is 13.1. The lowest BCUT2D eigenvalue weighted by atomic mass is 9.94. The van der Waals surface area contributed by atoms with Crippen molar-refractivity contribution in [1.29, 1.82) is 0 Å². The highest BCUT2D eigenvalue weighted by molar-refractivity contribution is 6.00. The third-order valence-corrected chi connectivity index (χ3v) is 4.58. The van der Waals surface area contributed by atoms with E-state index in [2.05, 4.69) is 5.32 Å². The van der Waals surface area contributed by atoms with Gasteiger partial charge in [0.05, 0.1) is 5.69 Å². The van der Waals surface area contributed by atoms with Gasteiger partial charge in [0.15, 0.2) is 0 Å². The number of rotatable bonds is 6. The van der Waals surface area contributed by atoms with Gasteiger partial charge >= 0.3 is 6.09 Å². The Balaban J connectivity index is 1.80. The first kappa shape index (κ1) is 18.7. The van der Waals surface area contributed by atoms with E-state index in [1.165, 1.54) is 0 Å². The maximum atomic E-state index is 12.6. The summed E-state index contributed by atoms with van der Waals surface area (Å²) in [6.07, 6.45) is -0.602. The van der Waals surface area contributed by atoms with Gasteiger partial charge in [-0.25, -0.2) is 4.79 Å². The number of aliphatic hydroxyl groups excluding tert-OH is 1. The monoisotopic (exact) mass is 365 g/mol. The van der Waals surface area contributed by atoms with Crippen molar-refractivity contribution >= 4 is 22.6 Å². The smallest absolute Gasteiger partial charge is 0.412 e. The molecule has 0 saturated heterocycles. The quantitative estimate of drug-likeness (QED) is 0.583. The van der Waals surface area contributed by atoms with E-state index in [9.17, 15) is 15.0 Å². The zero-order chi connectivity index (χ0) is 19.2. The maximum absolute atomic E-state index is 12.6. The molecular weight excluding hydrogens is 342 g/mol. The molecule has 3 N–H and O–H groups in total. The summed E-state index contributed by atoms with van der Waals surface area (Å²) in [6, 6.07) is 20.0. The minimum absolute atomic E-state index is 0.00402. The van der Waals surface area contributed by atoms with Crippen LogP contribution >= 0.6 is 0 Å². The van der Waals surface area contributed by atoms with Crippen molar-refractivity contribution in [3.8, 4) is 5.75 Å². The highest BCUT2D eigenvalue weighted by Crippen LogP contribution is 2.30. The molecule has 2 atom stereocenters. The summed E-state index contributed by atoms with van der Waals surface area (Å²) in [5.41, 5.74) is 1.44. The Morgan fingerprint density at radius 3 is 2.48 bits per heavy atom. The van der Waals surface area contributed by atoms with E-state index in [1.54, 1.807) is 24.3 Å². The molecule has 0 bridgehead atoms. The number of aliphatic hydroxyl groups is 1. The number of anilines is 1. The molecule has 0 spiro atoms. The molecule has 0 unspecified atom stereocenters. The molecule has 140 valence electrons. The Morgan fingerprint density at radius 2 is 1.74 bits per heavy atom. The average molecular weight is 365 g/mol.